The van der Waals surface area contributed by atoms with Gasteiger partial charge in [-0.05, 0) is 44.0 Å². The number of ether oxygens (including phenoxy) is 1. The average molecular weight is 461 g/mol. The van der Waals surface area contributed by atoms with Crippen molar-refractivity contribution in [3.63, 3.8) is 0 Å². The molecular formula is C23H25FN2O5S. The number of nitrogens with zero attached hydrogens (tertiary/aromatic N) is 1. The van der Waals surface area contributed by atoms with Gasteiger partial charge in [-0.1, -0.05) is 25.0 Å². The first-order chi connectivity index (χ1) is 15.3. The number of methoxy groups -OCH3 is 1. The van der Waals surface area contributed by atoms with Gasteiger partial charge in [0.15, 0.2) is 17.2 Å². The molecule has 0 radical (unpaired) electrons. The van der Waals surface area contributed by atoms with Gasteiger partial charge in [0, 0.05) is 24.0 Å². The highest BCUT2D eigenvalue weighted by atomic mass is 32.2. The van der Waals surface area contributed by atoms with E-state index in [-0.39, 0.29) is 21.9 Å². The van der Waals surface area contributed by atoms with E-state index >= 15 is 0 Å². The van der Waals surface area contributed by atoms with E-state index < -0.39 is 21.7 Å². The minimum Gasteiger partial charge on any atom is -0.495 e. The largest absolute Gasteiger partial charge is 0.495 e. The van der Waals surface area contributed by atoms with Crippen molar-refractivity contribution in [3.8, 4) is 5.75 Å². The second-order valence-electron chi connectivity index (χ2n) is 7.81. The third kappa shape index (κ3) is 4.10. The highest BCUT2D eigenvalue weighted by Crippen LogP contribution is 2.32. The van der Waals surface area contributed by atoms with Crippen LogP contribution in [0.1, 0.15) is 41.8 Å². The summed E-state index contributed by atoms with van der Waals surface area (Å²) in [5.41, 5.74) is 0.678. The molecule has 1 saturated heterocycles. The Balaban J connectivity index is 1.67. The molecule has 1 amide bonds. The van der Waals surface area contributed by atoms with E-state index in [9.17, 15) is 17.6 Å². The number of sulfonamides is 1. The topological polar surface area (TPSA) is 88.9 Å². The molecule has 0 aliphatic carbocycles. The summed E-state index contributed by atoms with van der Waals surface area (Å²) in [6.07, 6.45) is 3.66. The van der Waals surface area contributed by atoms with Gasteiger partial charge in [0.1, 0.15) is 5.75 Å². The Morgan fingerprint density at radius 3 is 2.50 bits per heavy atom. The molecule has 9 heteroatoms. The van der Waals surface area contributed by atoms with Crippen molar-refractivity contribution >= 4 is 32.6 Å². The van der Waals surface area contributed by atoms with Crippen molar-refractivity contribution in [3.05, 3.63) is 53.5 Å². The molecule has 0 saturated carbocycles. The first-order valence-corrected chi connectivity index (χ1v) is 11.9. The van der Waals surface area contributed by atoms with Crippen LogP contribution in [0.3, 0.4) is 0 Å². The van der Waals surface area contributed by atoms with Crippen molar-refractivity contribution in [1.82, 2.24) is 4.31 Å². The van der Waals surface area contributed by atoms with Crippen LogP contribution >= 0.6 is 0 Å². The molecule has 1 aromatic heterocycles. The number of carbonyl (C=O) groups excluding carboxylic acids is 1. The van der Waals surface area contributed by atoms with Crippen LogP contribution in [0.5, 0.6) is 5.75 Å². The van der Waals surface area contributed by atoms with Crippen LogP contribution in [-0.2, 0) is 10.0 Å². The SMILES string of the molecule is COc1ccc(S(=O)(=O)N2CCCCCC2)cc1NC(=O)c1oc2c(F)cccc2c1C. The minimum atomic E-state index is -3.71. The fraction of sp³-hybridized carbons (Fsp3) is 0.348. The van der Waals surface area contributed by atoms with Gasteiger partial charge in [0.05, 0.1) is 17.7 Å². The number of carbonyl (C=O) groups is 1. The van der Waals surface area contributed by atoms with Crippen LogP contribution in [0.4, 0.5) is 10.1 Å². The standard InChI is InChI=1S/C23H25FN2O5S/c1-15-17-8-7-9-18(24)22(17)31-21(15)23(27)25-19-14-16(10-11-20(19)30-2)32(28,29)26-12-5-3-4-6-13-26/h7-11,14H,3-6,12-13H2,1-2H3,(H,25,27). The maximum absolute atomic E-state index is 14.1. The lowest BCUT2D eigenvalue weighted by Gasteiger charge is -2.21. The van der Waals surface area contributed by atoms with Crippen molar-refractivity contribution in [2.24, 2.45) is 0 Å². The molecule has 1 aliphatic heterocycles. The molecule has 0 atom stereocenters. The number of benzene rings is 2. The normalized spacial score (nSPS) is 15.5. The zero-order valence-corrected chi connectivity index (χ0v) is 18.8. The number of hydrogen-bond acceptors (Lipinski definition) is 5. The molecule has 0 spiro atoms. The predicted molar refractivity (Wildman–Crippen MR) is 119 cm³/mol. The highest BCUT2D eigenvalue weighted by molar-refractivity contribution is 7.89. The van der Waals surface area contributed by atoms with Crippen LogP contribution in [0.25, 0.3) is 11.0 Å². The van der Waals surface area contributed by atoms with Gasteiger partial charge in [-0.25, -0.2) is 12.8 Å². The van der Waals surface area contributed by atoms with E-state index in [1.54, 1.807) is 19.1 Å². The smallest absolute Gasteiger partial charge is 0.291 e. The van der Waals surface area contributed by atoms with E-state index in [0.29, 0.717) is 29.8 Å². The number of aryl methyl sites for hydroxylation is 1. The van der Waals surface area contributed by atoms with E-state index in [4.69, 9.17) is 9.15 Å². The van der Waals surface area contributed by atoms with Gasteiger partial charge in [-0.15, -0.1) is 0 Å². The maximum atomic E-state index is 14.1. The number of halogens is 1. The number of nitrogens with one attached hydrogen (secondary N) is 1. The fourth-order valence-electron chi connectivity index (χ4n) is 3.98. The molecular weight excluding hydrogens is 435 g/mol. The molecule has 2 heterocycles. The molecule has 2 aromatic carbocycles. The summed E-state index contributed by atoms with van der Waals surface area (Å²) in [7, 11) is -2.29. The number of anilines is 1. The number of para-hydroxylation sites is 1. The Kier molecular flexibility index (Phi) is 6.21. The molecule has 0 unspecified atom stereocenters. The van der Waals surface area contributed by atoms with Crippen molar-refractivity contribution in [2.45, 2.75) is 37.5 Å². The van der Waals surface area contributed by atoms with E-state index in [2.05, 4.69) is 5.32 Å². The second kappa shape index (κ2) is 8.91. The Hall–Kier alpha value is -2.91. The zero-order valence-electron chi connectivity index (χ0n) is 18.0. The number of hydrogen-bond donors (Lipinski definition) is 1. The molecule has 32 heavy (non-hydrogen) atoms. The summed E-state index contributed by atoms with van der Waals surface area (Å²) in [4.78, 5) is 13.0. The lowest BCUT2D eigenvalue weighted by atomic mass is 10.1. The van der Waals surface area contributed by atoms with Crippen LogP contribution < -0.4 is 10.1 Å². The molecule has 170 valence electrons. The zero-order chi connectivity index (χ0) is 22.9. The van der Waals surface area contributed by atoms with Crippen molar-refractivity contribution in [2.75, 3.05) is 25.5 Å². The number of rotatable bonds is 5. The lowest BCUT2D eigenvalue weighted by molar-refractivity contribution is 0.0997. The molecule has 1 aliphatic rings. The summed E-state index contributed by atoms with van der Waals surface area (Å²) >= 11 is 0. The van der Waals surface area contributed by atoms with Gasteiger partial charge in [-0.2, -0.15) is 4.31 Å². The third-order valence-electron chi connectivity index (χ3n) is 5.74. The van der Waals surface area contributed by atoms with E-state index in [1.165, 1.54) is 35.7 Å². The summed E-state index contributed by atoms with van der Waals surface area (Å²) < 4.78 is 52.7. The summed E-state index contributed by atoms with van der Waals surface area (Å²) in [5.74, 6) is -0.936. The van der Waals surface area contributed by atoms with Gasteiger partial charge in [0.25, 0.3) is 5.91 Å². The third-order valence-corrected chi connectivity index (χ3v) is 7.64. The summed E-state index contributed by atoms with van der Waals surface area (Å²) in [6, 6.07) is 8.83. The fourth-order valence-corrected chi connectivity index (χ4v) is 5.52. The summed E-state index contributed by atoms with van der Waals surface area (Å²) in [6.45, 7) is 2.61. The molecule has 0 bridgehead atoms. The molecule has 3 aromatic rings. The monoisotopic (exact) mass is 460 g/mol. The Bertz CT molecular complexity index is 1260. The van der Waals surface area contributed by atoms with Gasteiger partial charge >= 0.3 is 0 Å². The summed E-state index contributed by atoms with van der Waals surface area (Å²) in [5, 5.41) is 3.16. The minimum absolute atomic E-state index is 0.000364. The first kappa shape index (κ1) is 22.3. The molecule has 1 N–H and O–H groups in total. The van der Waals surface area contributed by atoms with Crippen LogP contribution in [0, 0.1) is 12.7 Å². The first-order valence-electron chi connectivity index (χ1n) is 10.5. The quantitative estimate of drug-likeness (QED) is 0.596. The van der Waals surface area contributed by atoms with Gasteiger partial charge in [0.2, 0.25) is 10.0 Å². The van der Waals surface area contributed by atoms with Crippen LogP contribution in [-0.4, -0.2) is 38.8 Å². The van der Waals surface area contributed by atoms with Gasteiger partial charge in [-0.3, -0.25) is 4.79 Å². The van der Waals surface area contributed by atoms with Gasteiger partial charge < -0.3 is 14.5 Å². The lowest BCUT2D eigenvalue weighted by Crippen LogP contribution is -2.32. The highest BCUT2D eigenvalue weighted by Gasteiger charge is 2.27. The average Bonchev–Trinajstić information content (AvgIpc) is 2.95. The Labute approximate surface area is 186 Å². The number of furan rings is 1. The van der Waals surface area contributed by atoms with Crippen LogP contribution in [0.2, 0.25) is 0 Å². The van der Waals surface area contributed by atoms with E-state index in [0.717, 1.165) is 25.7 Å². The van der Waals surface area contributed by atoms with Crippen molar-refractivity contribution in [1.29, 1.82) is 0 Å². The van der Waals surface area contributed by atoms with Crippen LogP contribution in [0.15, 0.2) is 45.7 Å². The van der Waals surface area contributed by atoms with E-state index in [1.807, 2.05) is 0 Å². The molecule has 7 nitrogen and oxygen atoms in total. The number of fused-ring (bicyclic) bond motifs is 1. The molecule has 4 rings (SSSR count). The maximum Gasteiger partial charge on any atom is 0.291 e. The van der Waals surface area contributed by atoms with Crippen molar-refractivity contribution < 1.29 is 26.8 Å². The predicted octanol–water partition coefficient (Wildman–Crippen LogP) is 4.71. The number of amides is 1. The Morgan fingerprint density at radius 2 is 1.84 bits per heavy atom. The molecule has 1 fully saturated rings. The Morgan fingerprint density at radius 1 is 1.12 bits per heavy atom. The second-order valence-corrected chi connectivity index (χ2v) is 9.75.